The molecule has 0 bridgehead atoms. The van der Waals surface area contributed by atoms with E-state index in [9.17, 15) is 9.18 Å². The van der Waals surface area contributed by atoms with Gasteiger partial charge < -0.3 is 5.32 Å². The molecule has 1 aliphatic carbocycles. The Kier molecular flexibility index (Phi) is 4.46. The van der Waals surface area contributed by atoms with Gasteiger partial charge >= 0.3 is 0 Å². The first-order valence-electron chi connectivity index (χ1n) is 8.24. The van der Waals surface area contributed by atoms with Gasteiger partial charge in [0.15, 0.2) is 0 Å². The lowest BCUT2D eigenvalue weighted by molar-refractivity contribution is -0.127. The van der Waals surface area contributed by atoms with Gasteiger partial charge in [0.2, 0.25) is 5.91 Å². The van der Waals surface area contributed by atoms with Crippen molar-refractivity contribution in [3.63, 3.8) is 0 Å². The molecule has 1 saturated carbocycles. The predicted octanol–water partition coefficient (Wildman–Crippen LogP) is 4.51. The Balaban J connectivity index is 1.81. The highest BCUT2D eigenvalue weighted by molar-refractivity contribution is 5.88. The summed E-state index contributed by atoms with van der Waals surface area (Å²) in [5, 5.41) is 3.14. The van der Waals surface area contributed by atoms with Gasteiger partial charge in [0, 0.05) is 0 Å². The Bertz CT molecular complexity index is 660. The van der Waals surface area contributed by atoms with Crippen molar-refractivity contribution in [1.82, 2.24) is 5.32 Å². The van der Waals surface area contributed by atoms with E-state index in [0.717, 1.165) is 36.8 Å². The fourth-order valence-electron chi connectivity index (χ4n) is 3.55. The maximum atomic E-state index is 13.1. The van der Waals surface area contributed by atoms with Crippen LogP contribution in [0.15, 0.2) is 54.6 Å². The summed E-state index contributed by atoms with van der Waals surface area (Å²) >= 11 is 0. The number of carbonyl (C=O) groups excluding carboxylic acids is 1. The summed E-state index contributed by atoms with van der Waals surface area (Å²) in [6.07, 6.45) is 3.93. The van der Waals surface area contributed by atoms with Gasteiger partial charge in [-0.2, -0.15) is 0 Å². The first-order valence-corrected chi connectivity index (χ1v) is 8.24. The zero-order valence-corrected chi connectivity index (χ0v) is 13.4. The monoisotopic (exact) mass is 311 g/mol. The quantitative estimate of drug-likeness (QED) is 0.884. The second-order valence-corrected chi connectivity index (χ2v) is 6.40. The molecule has 1 unspecified atom stereocenters. The molecular weight excluding hydrogens is 289 g/mol. The summed E-state index contributed by atoms with van der Waals surface area (Å²) in [6.45, 7) is 1.94. The van der Waals surface area contributed by atoms with E-state index in [1.807, 2.05) is 37.3 Å². The van der Waals surface area contributed by atoms with Gasteiger partial charge in [0.05, 0.1) is 11.5 Å². The molecule has 0 spiro atoms. The van der Waals surface area contributed by atoms with Gasteiger partial charge in [-0.1, -0.05) is 55.3 Å². The lowest BCUT2D eigenvalue weighted by Gasteiger charge is -2.30. The second-order valence-electron chi connectivity index (χ2n) is 6.40. The molecule has 1 fully saturated rings. The largest absolute Gasteiger partial charge is 0.349 e. The molecule has 3 rings (SSSR count). The maximum Gasteiger partial charge on any atom is 0.231 e. The number of halogens is 1. The van der Waals surface area contributed by atoms with E-state index in [2.05, 4.69) is 5.32 Å². The Morgan fingerprint density at radius 3 is 2.26 bits per heavy atom. The number of rotatable bonds is 4. The summed E-state index contributed by atoms with van der Waals surface area (Å²) < 4.78 is 13.1. The number of amides is 1. The van der Waals surface area contributed by atoms with Crippen LogP contribution in [-0.4, -0.2) is 5.91 Å². The minimum Gasteiger partial charge on any atom is -0.349 e. The third-order valence-electron chi connectivity index (χ3n) is 4.94. The summed E-state index contributed by atoms with van der Waals surface area (Å²) in [5.74, 6) is -0.179. The highest BCUT2D eigenvalue weighted by atomic mass is 19.1. The molecule has 120 valence electrons. The number of benzene rings is 2. The van der Waals surface area contributed by atoms with Crippen molar-refractivity contribution in [1.29, 1.82) is 0 Å². The van der Waals surface area contributed by atoms with Crippen LogP contribution >= 0.6 is 0 Å². The molecule has 3 heteroatoms. The van der Waals surface area contributed by atoms with Gasteiger partial charge in [-0.15, -0.1) is 0 Å². The minimum atomic E-state index is -0.421. The van der Waals surface area contributed by atoms with E-state index in [1.54, 1.807) is 12.1 Å². The van der Waals surface area contributed by atoms with Crippen molar-refractivity contribution in [3.05, 3.63) is 71.5 Å². The summed E-state index contributed by atoms with van der Waals surface area (Å²) in [6, 6.07) is 16.2. The third kappa shape index (κ3) is 3.14. The Morgan fingerprint density at radius 2 is 1.65 bits per heavy atom. The average Bonchev–Trinajstić information content (AvgIpc) is 3.07. The van der Waals surface area contributed by atoms with Crippen LogP contribution in [0.2, 0.25) is 0 Å². The van der Waals surface area contributed by atoms with Crippen molar-refractivity contribution in [3.8, 4) is 0 Å². The van der Waals surface area contributed by atoms with Crippen LogP contribution in [0.3, 0.4) is 0 Å². The summed E-state index contributed by atoms with van der Waals surface area (Å²) in [4.78, 5) is 13.0. The lowest BCUT2D eigenvalue weighted by atomic mass is 9.77. The van der Waals surface area contributed by atoms with Crippen LogP contribution in [0, 0.1) is 5.82 Å². The molecule has 1 N–H and O–H groups in total. The minimum absolute atomic E-state index is 0.0815. The highest BCUT2D eigenvalue weighted by Crippen LogP contribution is 2.41. The first-order chi connectivity index (χ1) is 11.1. The zero-order chi connectivity index (χ0) is 16.3. The standard InChI is InChI=1S/C20H22FNO/c1-15(16-9-11-18(21)12-10-16)22-19(23)20(13-5-6-14-20)17-7-3-2-4-8-17/h2-4,7-12,15H,5-6,13-14H2,1H3,(H,22,23). The van der Waals surface area contributed by atoms with E-state index in [4.69, 9.17) is 0 Å². The SMILES string of the molecule is CC(NC(=O)C1(c2ccccc2)CCCC1)c1ccc(F)cc1. The van der Waals surface area contributed by atoms with E-state index in [0.29, 0.717) is 0 Å². The second kappa shape index (κ2) is 6.53. The lowest BCUT2D eigenvalue weighted by Crippen LogP contribution is -2.43. The Labute approximate surface area is 136 Å². The molecule has 1 aliphatic rings. The highest BCUT2D eigenvalue weighted by Gasteiger charge is 2.42. The van der Waals surface area contributed by atoms with Crippen molar-refractivity contribution < 1.29 is 9.18 Å². The molecule has 2 nitrogen and oxygen atoms in total. The normalized spacial score (nSPS) is 17.7. The maximum absolute atomic E-state index is 13.1. The van der Waals surface area contributed by atoms with Crippen molar-refractivity contribution in [2.24, 2.45) is 0 Å². The molecule has 0 saturated heterocycles. The van der Waals surface area contributed by atoms with Crippen LogP contribution in [0.5, 0.6) is 0 Å². The molecular formula is C20H22FNO. The number of hydrogen-bond donors (Lipinski definition) is 1. The van der Waals surface area contributed by atoms with Gasteiger partial charge in [0.25, 0.3) is 0 Å². The van der Waals surface area contributed by atoms with E-state index in [1.165, 1.54) is 12.1 Å². The molecule has 2 aromatic carbocycles. The summed E-state index contributed by atoms with van der Waals surface area (Å²) in [5.41, 5.74) is 1.59. The molecule has 1 atom stereocenters. The van der Waals surface area contributed by atoms with E-state index < -0.39 is 5.41 Å². The van der Waals surface area contributed by atoms with Crippen LogP contribution in [-0.2, 0) is 10.2 Å². The van der Waals surface area contributed by atoms with Gasteiger partial charge in [0.1, 0.15) is 5.82 Å². The molecule has 23 heavy (non-hydrogen) atoms. The molecule has 1 amide bonds. The molecule has 0 radical (unpaired) electrons. The zero-order valence-electron chi connectivity index (χ0n) is 13.4. The summed E-state index contributed by atoms with van der Waals surface area (Å²) in [7, 11) is 0. The van der Waals surface area contributed by atoms with Gasteiger partial charge in [-0.25, -0.2) is 4.39 Å². The van der Waals surface area contributed by atoms with Crippen molar-refractivity contribution in [2.45, 2.75) is 44.1 Å². The van der Waals surface area contributed by atoms with Crippen LogP contribution in [0.4, 0.5) is 4.39 Å². The molecule has 0 aromatic heterocycles. The average molecular weight is 311 g/mol. The van der Waals surface area contributed by atoms with E-state index in [-0.39, 0.29) is 17.8 Å². The predicted molar refractivity (Wildman–Crippen MR) is 89.5 cm³/mol. The Hall–Kier alpha value is -2.16. The van der Waals surface area contributed by atoms with Gasteiger partial charge in [-0.05, 0) is 43.0 Å². The topological polar surface area (TPSA) is 29.1 Å². The smallest absolute Gasteiger partial charge is 0.231 e. The molecule has 2 aromatic rings. The fraction of sp³-hybridized carbons (Fsp3) is 0.350. The van der Waals surface area contributed by atoms with Crippen LogP contribution in [0.1, 0.15) is 49.8 Å². The van der Waals surface area contributed by atoms with Crippen LogP contribution < -0.4 is 5.32 Å². The van der Waals surface area contributed by atoms with Gasteiger partial charge in [-0.3, -0.25) is 4.79 Å². The fourth-order valence-corrected chi connectivity index (χ4v) is 3.55. The first kappa shape index (κ1) is 15.7. The molecule has 0 heterocycles. The van der Waals surface area contributed by atoms with Crippen LogP contribution in [0.25, 0.3) is 0 Å². The number of hydrogen-bond acceptors (Lipinski definition) is 1. The van der Waals surface area contributed by atoms with Crippen molar-refractivity contribution >= 4 is 5.91 Å². The van der Waals surface area contributed by atoms with E-state index >= 15 is 0 Å². The van der Waals surface area contributed by atoms with Crippen molar-refractivity contribution in [2.75, 3.05) is 0 Å². The number of nitrogens with one attached hydrogen (secondary N) is 1. The number of carbonyl (C=O) groups is 1. The third-order valence-corrected chi connectivity index (χ3v) is 4.94. The Morgan fingerprint density at radius 1 is 1.04 bits per heavy atom. The molecule has 0 aliphatic heterocycles.